The van der Waals surface area contributed by atoms with Gasteiger partial charge in [-0.3, -0.25) is 4.79 Å². The second-order valence-electron chi connectivity index (χ2n) is 9.76. The molecule has 162 valence electrons. The van der Waals surface area contributed by atoms with Gasteiger partial charge in [0, 0.05) is 24.1 Å². The highest BCUT2D eigenvalue weighted by molar-refractivity contribution is 5.88. The molecule has 2 N–H and O–H groups in total. The van der Waals surface area contributed by atoms with E-state index in [0.29, 0.717) is 47.5 Å². The molecule has 0 saturated heterocycles. The van der Waals surface area contributed by atoms with Crippen LogP contribution in [0.2, 0.25) is 0 Å². The van der Waals surface area contributed by atoms with Crippen LogP contribution in [-0.2, 0) is 12.0 Å². The number of hydrogen-bond donors (Lipinski definition) is 2. The first-order valence-electron chi connectivity index (χ1n) is 11.2. The maximum absolute atomic E-state index is 13.2. The zero-order valence-corrected chi connectivity index (χ0v) is 17.7. The molecule has 1 aromatic heterocycles. The molecule has 5 rings (SSSR count). The van der Waals surface area contributed by atoms with Gasteiger partial charge in [-0.05, 0) is 65.2 Å². The first-order valence-corrected chi connectivity index (χ1v) is 11.2. The fourth-order valence-electron chi connectivity index (χ4n) is 5.12. The average molecular weight is 414 g/mol. The Morgan fingerprint density at radius 3 is 2.50 bits per heavy atom. The zero-order chi connectivity index (χ0) is 21.1. The van der Waals surface area contributed by atoms with E-state index in [4.69, 9.17) is 13.9 Å². The highest BCUT2D eigenvalue weighted by Gasteiger charge is 2.40. The Labute approximate surface area is 175 Å². The molecule has 30 heavy (non-hydrogen) atoms. The van der Waals surface area contributed by atoms with Crippen LogP contribution in [-0.4, -0.2) is 28.0 Å². The van der Waals surface area contributed by atoms with Crippen LogP contribution in [0.1, 0.15) is 76.5 Å². The lowest BCUT2D eigenvalue weighted by Crippen LogP contribution is -2.39. The van der Waals surface area contributed by atoms with Gasteiger partial charge in [0.2, 0.25) is 0 Å². The van der Waals surface area contributed by atoms with E-state index in [9.17, 15) is 15.0 Å². The van der Waals surface area contributed by atoms with Crippen molar-refractivity contribution in [2.45, 2.75) is 95.0 Å². The number of rotatable bonds is 4. The van der Waals surface area contributed by atoms with Crippen molar-refractivity contribution < 1.29 is 24.1 Å². The maximum atomic E-state index is 13.2. The van der Waals surface area contributed by atoms with Crippen molar-refractivity contribution >= 4 is 11.0 Å². The molecule has 2 saturated carbocycles. The van der Waals surface area contributed by atoms with Crippen LogP contribution < -0.4 is 14.9 Å². The minimum absolute atomic E-state index is 0.0685. The summed E-state index contributed by atoms with van der Waals surface area (Å²) in [5.74, 6) is 1.43. The van der Waals surface area contributed by atoms with Crippen molar-refractivity contribution in [3.63, 3.8) is 0 Å². The van der Waals surface area contributed by atoms with Gasteiger partial charge in [0.25, 0.3) is 0 Å². The Morgan fingerprint density at radius 1 is 1.13 bits per heavy atom. The molecule has 0 spiro atoms. The standard InChI is InChI=1S/C24H30O6/c1-23(2,26)19-11-15-17(29-19)13-18-21(22(15)28-14-7-3-4-8-14)16(25)12-20(30-18)24(27)9-5-6-10-24/h12-14,19,26-27H,3-11H2,1-2H3. The van der Waals surface area contributed by atoms with Gasteiger partial charge in [0.15, 0.2) is 5.43 Å². The van der Waals surface area contributed by atoms with Crippen LogP contribution >= 0.6 is 0 Å². The van der Waals surface area contributed by atoms with Crippen LogP contribution in [0.4, 0.5) is 0 Å². The van der Waals surface area contributed by atoms with Crippen LogP contribution in [0.25, 0.3) is 11.0 Å². The van der Waals surface area contributed by atoms with Crippen LogP contribution in [0, 0.1) is 0 Å². The largest absolute Gasteiger partial charge is 0.489 e. The van der Waals surface area contributed by atoms with Crippen molar-refractivity contribution in [3.05, 3.63) is 33.7 Å². The molecule has 2 aromatic rings. The molecule has 1 atom stereocenters. The predicted molar refractivity (Wildman–Crippen MR) is 112 cm³/mol. The van der Waals surface area contributed by atoms with E-state index in [1.807, 2.05) is 0 Å². The van der Waals surface area contributed by atoms with Crippen LogP contribution in [0.3, 0.4) is 0 Å². The molecule has 1 unspecified atom stereocenters. The molecule has 2 fully saturated rings. The van der Waals surface area contributed by atoms with Crippen LogP contribution in [0.15, 0.2) is 21.3 Å². The molecule has 2 aliphatic carbocycles. The van der Waals surface area contributed by atoms with E-state index >= 15 is 0 Å². The van der Waals surface area contributed by atoms with E-state index in [1.54, 1.807) is 19.9 Å². The second kappa shape index (κ2) is 6.99. The summed E-state index contributed by atoms with van der Waals surface area (Å²) in [5.41, 5.74) is -1.12. The van der Waals surface area contributed by atoms with Gasteiger partial charge in [0.05, 0.1) is 11.7 Å². The highest BCUT2D eigenvalue weighted by atomic mass is 16.5. The predicted octanol–water partition coefficient (Wildman–Crippen LogP) is 3.95. The molecule has 6 nitrogen and oxygen atoms in total. The summed E-state index contributed by atoms with van der Waals surface area (Å²) in [6.07, 6.45) is 7.28. The Balaban J connectivity index is 1.67. The Bertz CT molecular complexity index is 1020. The van der Waals surface area contributed by atoms with Gasteiger partial charge in [-0.15, -0.1) is 0 Å². The van der Waals surface area contributed by atoms with E-state index in [1.165, 1.54) is 6.07 Å². The molecule has 0 radical (unpaired) electrons. The van der Waals surface area contributed by atoms with E-state index in [0.717, 1.165) is 44.1 Å². The quantitative estimate of drug-likeness (QED) is 0.787. The molecular weight excluding hydrogens is 384 g/mol. The fourth-order valence-corrected chi connectivity index (χ4v) is 5.12. The summed E-state index contributed by atoms with van der Waals surface area (Å²) >= 11 is 0. The maximum Gasteiger partial charge on any atom is 0.196 e. The summed E-state index contributed by atoms with van der Waals surface area (Å²) in [4.78, 5) is 13.2. The summed E-state index contributed by atoms with van der Waals surface area (Å²) in [6.45, 7) is 3.44. The van der Waals surface area contributed by atoms with Crippen molar-refractivity contribution in [1.82, 2.24) is 0 Å². The summed E-state index contributed by atoms with van der Waals surface area (Å²) < 4.78 is 18.5. The summed E-state index contributed by atoms with van der Waals surface area (Å²) in [5, 5.41) is 21.9. The average Bonchev–Trinajstić information content (AvgIpc) is 3.41. The zero-order valence-electron chi connectivity index (χ0n) is 17.7. The SMILES string of the molecule is CC(C)(O)C1Cc2c(cc3oc(C4(O)CCCC4)cc(=O)c3c2OC2CCCC2)O1. The van der Waals surface area contributed by atoms with Gasteiger partial charge >= 0.3 is 0 Å². The third-order valence-corrected chi connectivity index (χ3v) is 6.96. The minimum atomic E-state index is -1.09. The van der Waals surface area contributed by atoms with Gasteiger partial charge in [-0.1, -0.05) is 0 Å². The third kappa shape index (κ3) is 3.30. The van der Waals surface area contributed by atoms with Crippen LogP contribution in [0.5, 0.6) is 11.5 Å². The van der Waals surface area contributed by atoms with Crippen molar-refractivity contribution in [2.75, 3.05) is 0 Å². The van der Waals surface area contributed by atoms with Gasteiger partial charge < -0.3 is 24.1 Å². The third-order valence-electron chi connectivity index (χ3n) is 6.96. The summed E-state index contributed by atoms with van der Waals surface area (Å²) in [7, 11) is 0. The normalized spacial score (nSPS) is 23.7. The molecule has 6 heteroatoms. The summed E-state index contributed by atoms with van der Waals surface area (Å²) in [6, 6.07) is 3.16. The highest BCUT2D eigenvalue weighted by Crippen LogP contribution is 2.45. The molecule has 1 aromatic carbocycles. The number of benzene rings is 1. The molecule has 0 bridgehead atoms. The van der Waals surface area contributed by atoms with Gasteiger partial charge in [-0.25, -0.2) is 0 Å². The second-order valence-corrected chi connectivity index (χ2v) is 9.76. The molecule has 3 aliphatic rings. The lowest BCUT2D eigenvalue weighted by Gasteiger charge is -2.24. The van der Waals surface area contributed by atoms with Crippen molar-refractivity contribution in [3.8, 4) is 11.5 Å². The molecule has 2 heterocycles. The van der Waals surface area contributed by atoms with E-state index in [-0.39, 0.29) is 11.5 Å². The molecule has 0 amide bonds. The minimum Gasteiger partial charge on any atom is -0.489 e. The first-order chi connectivity index (χ1) is 14.2. The van der Waals surface area contributed by atoms with Crippen molar-refractivity contribution in [1.29, 1.82) is 0 Å². The topological polar surface area (TPSA) is 89.1 Å². The van der Waals surface area contributed by atoms with Gasteiger partial charge in [0.1, 0.15) is 39.9 Å². The number of ether oxygens (including phenoxy) is 2. The van der Waals surface area contributed by atoms with E-state index < -0.39 is 17.3 Å². The lowest BCUT2D eigenvalue weighted by atomic mass is 9.95. The first kappa shape index (κ1) is 19.9. The Kier molecular flexibility index (Phi) is 4.63. The Hall–Kier alpha value is -2.05. The monoisotopic (exact) mass is 414 g/mol. The smallest absolute Gasteiger partial charge is 0.196 e. The Morgan fingerprint density at radius 2 is 1.83 bits per heavy atom. The number of fused-ring (bicyclic) bond motifs is 2. The molecular formula is C24H30O6. The van der Waals surface area contributed by atoms with E-state index in [2.05, 4.69) is 0 Å². The number of aliphatic hydroxyl groups is 2. The fraction of sp³-hybridized carbons (Fsp3) is 0.625. The lowest BCUT2D eigenvalue weighted by molar-refractivity contribution is -0.0229. The van der Waals surface area contributed by atoms with Gasteiger partial charge in [-0.2, -0.15) is 0 Å². The van der Waals surface area contributed by atoms with Crippen molar-refractivity contribution in [2.24, 2.45) is 0 Å². The molecule has 1 aliphatic heterocycles. The number of hydrogen-bond acceptors (Lipinski definition) is 6.